The summed E-state index contributed by atoms with van der Waals surface area (Å²) >= 11 is 3.33. The van der Waals surface area contributed by atoms with E-state index in [9.17, 15) is 10.1 Å². The number of benzene rings is 2. The van der Waals surface area contributed by atoms with Crippen LogP contribution in [0.25, 0.3) is 0 Å². The molecule has 21 heavy (non-hydrogen) atoms. The van der Waals surface area contributed by atoms with Gasteiger partial charge in [-0.15, -0.1) is 0 Å². The van der Waals surface area contributed by atoms with Crippen molar-refractivity contribution in [2.24, 2.45) is 5.73 Å². The van der Waals surface area contributed by atoms with Gasteiger partial charge in [0, 0.05) is 33.8 Å². The minimum Gasteiger partial charge on any atom is -0.489 e. The van der Waals surface area contributed by atoms with Crippen LogP contribution in [0.3, 0.4) is 0 Å². The highest BCUT2D eigenvalue weighted by molar-refractivity contribution is 9.10. The lowest BCUT2D eigenvalue weighted by molar-refractivity contribution is -0.384. The Morgan fingerprint density at radius 2 is 2.05 bits per heavy atom. The van der Waals surface area contributed by atoms with E-state index in [-0.39, 0.29) is 11.7 Å². The smallest absolute Gasteiger partial charge is 0.270 e. The van der Waals surface area contributed by atoms with Crippen molar-refractivity contribution < 1.29 is 9.66 Å². The molecule has 0 heterocycles. The first-order valence-corrected chi connectivity index (χ1v) is 7.18. The Labute approximate surface area is 131 Å². The number of para-hydroxylation sites is 1. The van der Waals surface area contributed by atoms with E-state index >= 15 is 0 Å². The fourth-order valence-electron chi connectivity index (χ4n) is 1.91. The van der Waals surface area contributed by atoms with Gasteiger partial charge >= 0.3 is 0 Å². The minimum absolute atomic E-state index is 0.0432. The molecular weight excluding hydrogens is 336 g/mol. The summed E-state index contributed by atoms with van der Waals surface area (Å²) in [6.45, 7) is 2.20. The first-order valence-electron chi connectivity index (χ1n) is 6.39. The highest BCUT2D eigenvalue weighted by Gasteiger charge is 2.11. The largest absolute Gasteiger partial charge is 0.489 e. The molecule has 5 nitrogen and oxygen atoms in total. The second-order valence-electron chi connectivity index (χ2n) is 4.65. The molecule has 0 unspecified atom stereocenters. The molecule has 1 atom stereocenters. The van der Waals surface area contributed by atoms with Crippen molar-refractivity contribution in [2.75, 3.05) is 0 Å². The summed E-state index contributed by atoms with van der Waals surface area (Å²) in [5.74, 6) is 0.720. The lowest BCUT2D eigenvalue weighted by Crippen LogP contribution is -2.08. The molecule has 2 N–H and O–H groups in total. The average Bonchev–Trinajstić information content (AvgIpc) is 2.46. The van der Waals surface area contributed by atoms with Crippen LogP contribution in [0.1, 0.15) is 24.1 Å². The molecule has 6 heteroatoms. The number of nitro groups is 1. The van der Waals surface area contributed by atoms with Crippen LogP contribution in [0.5, 0.6) is 5.75 Å². The Kier molecular flexibility index (Phi) is 4.93. The van der Waals surface area contributed by atoms with Crippen molar-refractivity contribution >= 4 is 21.6 Å². The van der Waals surface area contributed by atoms with E-state index in [0.29, 0.717) is 11.1 Å². The third kappa shape index (κ3) is 3.80. The molecule has 0 spiro atoms. The molecule has 0 aliphatic rings. The number of hydrogen-bond acceptors (Lipinski definition) is 4. The number of halogens is 1. The van der Waals surface area contributed by atoms with Gasteiger partial charge in [-0.3, -0.25) is 10.1 Å². The van der Waals surface area contributed by atoms with Crippen LogP contribution in [-0.2, 0) is 6.61 Å². The predicted octanol–water partition coefficient (Wildman–Crippen LogP) is 3.96. The van der Waals surface area contributed by atoms with Crippen LogP contribution in [0.15, 0.2) is 46.9 Å². The molecule has 0 aromatic heterocycles. The van der Waals surface area contributed by atoms with Gasteiger partial charge in [-0.25, -0.2) is 0 Å². The summed E-state index contributed by atoms with van der Waals surface area (Å²) in [5.41, 5.74) is 7.71. The summed E-state index contributed by atoms with van der Waals surface area (Å²) in [6.07, 6.45) is 0. The molecule has 0 aliphatic heterocycles. The number of rotatable bonds is 5. The summed E-state index contributed by atoms with van der Waals surface area (Å²) in [4.78, 5) is 10.3. The quantitative estimate of drug-likeness (QED) is 0.653. The molecule has 2 aromatic carbocycles. The third-order valence-corrected chi connectivity index (χ3v) is 3.78. The van der Waals surface area contributed by atoms with Crippen LogP contribution < -0.4 is 10.5 Å². The van der Waals surface area contributed by atoms with Gasteiger partial charge < -0.3 is 10.5 Å². The second kappa shape index (κ2) is 6.69. The molecule has 2 aromatic rings. The number of hydrogen-bond donors (Lipinski definition) is 1. The topological polar surface area (TPSA) is 78.4 Å². The van der Waals surface area contributed by atoms with Gasteiger partial charge in [0.25, 0.3) is 5.69 Å². The van der Waals surface area contributed by atoms with E-state index < -0.39 is 4.92 Å². The van der Waals surface area contributed by atoms with Crippen molar-refractivity contribution in [1.29, 1.82) is 0 Å². The molecule has 110 valence electrons. The molecule has 0 bridgehead atoms. The molecule has 2 rings (SSSR count). The van der Waals surface area contributed by atoms with E-state index in [4.69, 9.17) is 10.5 Å². The zero-order valence-corrected chi connectivity index (χ0v) is 13.0. The molecule has 0 saturated heterocycles. The summed E-state index contributed by atoms with van der Waals surface area (Å²) in [5, 5.41) is 10.7. The summed E-state index contributed by atoms with van der Waals surface area (Å²) in [6, 6.07) is 12.1. The Morgan fingerprint density at radius 3 is 2.67 bits per heavy atom. The molecular formula is C15H15BrN2O3. The Balaban J connectivity index is 2.15. The number of non-ortho nitro benzene ring substituents is 1. The summed E-state index contributed by atoms with van der Waals surface area (Å²) in [7, 11) is 0. The molecule has 0 saturated carbocycles. The Hall–Kier alpha value is -1.92. The Bertz CT molecular complexity index is 659. The van der Waals surface area contributed by atoms with E-state index in [1.807, 2.05) is 31.2 Å². The van der Waals surface area contributed by atoms with Crippen molar-refractivity contribution in [3.05, 3.63) is 68.2 Å². The van der Waals surface area contributed by atoms with Crippen LogP contribution in [-0.4, -0.2) is 4.92 Å². The first kappa shape index (κ1) is 15.5. The second-order valence-corrected chi connectivity index (χ2v) is 5.50. The third-order valence-electron chi connectivity index (χ3n) is 3.04. The lowest BCUT2D eigenvalue weighted by Gasteiger charge is -2.14. The monoisotopic (exact) mass is 350 g/mol. The minimum atomic E-state index is -0.430. The average molecular weight is 351 g/mol. The fraction of sp³-hybridized carbons (Fsp3) is 0.200. The maximum absolute atomic E-state index is 10.7. The van der Waals surface area contributed by atoms with Gasteiger partial charge in [0.2, 0.25) is 0 Å². The van der Waals surface area contributed by atoms with Crippen LogP contribution >= 0.6 is 15.9 Å². The number of nitrogens with zero attached hydrogens (tertiary/aromatic N) is 1. The van der Waals surface area contributed by atoms with E-state index in [1.165, 1.54) is 12.1 Å². The Morgan fingerprint density at radius 1 is 1.33 bits per heavy atom. The van der Waals surface area contributed by atoms with E-state index in [2.05, 4.69) is 15.9 Å². The molecule has 0 fully saturated rings. The number of nitro benzene ring substituents is 1. The molecule has 0 amide bonds. The van der Waals surface area contributed by atoms with Gasteiger partial charge in [-0.05, 0) is 19.1 Å². The predicted molar refractivity (Wildman–Crippen MR) is 84.2 cm³/mol. The maximum atomic E-state index is 10.7. The van der Waals surface area contributed by atoms with E-state index in [1.54, 1.807) is 6.07 Å². The molecule has 0 aliphatic carbocycles. The fourth-order valence-corrected chi connectivity index (χ4v) is 2.39. The van der Waals surface area contributed by atoms with Gasteiger partial charge in [0.05, 0.1) is 4.92 Å². The van der Waals surface area contributed by atoms with Crippen LogP contribution in [0, 0.1) is 10.1 Å². The SMILES string of the molecule is C[C@@H](N)c1ccccc1OCc1ccc([N+](=O)[O-])cc1Br. The van der Waals surface area contributed by atoms with Gasteiger partial charge in [0.1, 0.15) is 12.4 Å². The standard InChI is InChI=1S/C15H15BrN2O3/c1-10(17)13-4-2-3-5-15(13)21-9-11-6-7-12(18(19)20)8-14(11)16/h2-8,10H,9,17H2,1H3/t10-/m1/s1. The maximum Gasteiger partial charge on any atom is 0.270 e. The van der Waals surface area contributed by atoms with Crippen LogP contribution in [0.4, 0.5) is 5.69 Å². The van der Waals surface area contributed by atoms with Crippen molar-refractivity contribution in [1.82, 2.24) is 0 Å². The number of ether oxygens (including phenoxy) is 1. The van der Waals surface area contributed by atoms with Gasteiger partial charge in [-0.1, -0.05) is 34.1 Å². The highest BCUT2D eigenvalue weighted by Crippen LogP contribution is 2.27. The zero-order chi connectivity index (χ0) is 15.4. The van der Waals surface area contributed by atoms with Crippen LogP contribution in [0.2, 0.25) is 0 Å². The first-order chi connectivity index (χ1) is 9.99. The van der Waals surface area contributed by atoms with Gasteiger partial charge in [0.15, 0.2) is 0 Å². The van der Waals surface area contributed by atoms with Crippen molar-refractivity contribution in [3.8, 4) is 5.75 Å². The van der Waals surface area contributed by atoms with Crippen molar-refractivity contribution in [3.63, 3.8) is 0 Å². The normalized spacial score (nSPS) is 12.0. The summed E-state index contributed by atoms with van der Waals surface area (Å²) < 4.78 is 6.43. The number of nitrogens with two attached hydrogens (primary N) is 1. The highest BCUT2D eigenvalue weighted by atomic mass is 79.9. The van der Waals surface area contributed by atoms with Crippen molar-refractivity contribution in [2.45, 2.75) is 19.6 Å². The lowest BCUT2D eigenvalue weighted by atomic mass is 10.1. The molecule has 0 radical (unpaired) electrons. The zero-order valence-electron chi connectivity index (χ0n) is 11.5. The van der Waals surface area contributed by atoms with Gasteiger partial charge in [-0.2, -0.15) is 0 Å². The van der Waals surface area contributed by atoms with E-state index in [0.717, 1.165) is 16.9 Å².